The van der Waals surface area contributed by atoms with Crippen molar-refractivity contribution < 1.29 is 37.7 Å². The Labute approximate surface area is 189 Å². The van der Waals surface area contributed by atoms with Crippen LogP contribution in [0.2, 0.25) is 0 Å². The number of rotatable bonds is 7. The van der Waals surface area contributed by atoms with Crippen molar-refractivity contribution in [3.63, 3.8) is 0 Å². The van der Waals surface area contributed by atoms with Gasteiger partial charge in [0.1, 0.15) is 5.25 Å². The Hall–Kier alpha value is -0.540. The minimum absolute atomic E-state index is 0. The van der Waals surface area contributed by atoms with Crippen molar-refractivity contribution in [1.82, 2.24) is 15.7 Å². The summed E-state index contributed by atoms with van der Waals surface area (Å²) in [5.41, 5.74) is 0. The van der Waals surface area contributed by atoms with Crippen LogP contribution in [0.1, 0.15) is 32.1 Å². The van der Waals surface area contributed by atoms with Gasteiger partial charge in [0.05, 0.1) is 29.4 Å². The number of amides is 4. The molecule has 3 fully saturated rings. The maximum atomic E-state index is 11.9. The number of nitrogens with zero attached hydrogens (tertiary/aromatic N) is 1. The Morgan fingerprint density at radius 1 is 1.21 bits per heavy atom. The summed E-state index contributed by atoms with van der Waals surface area (Å²) in [6, 6.07) is 0.0671. The molecule has 0 radical (unpaired) electrons. The van der Waals surface area contributed by atoms with E-state index in [1.807, 2.05) is 0 Å². The number of carbonyl (C=O) groups is 4. The van der Waals surface area contributed by atoms with Crippen molar-refractivity contribution in [2.24, 2.45) is 0 Å². The molecule has 4 amide bonds. The number of fused-ring (bicyclic) bond motifs is 1. The van der Waals surface area contributed by atoms with Crippen molar-refractivity contribution in [1.29, 1.82) is 0 Å². The predicted octanol–water partition coefficient (Wildman–Crippen LogP) is -0.127. The first-order chi connectivity index (χ1) is 12.7. The van der Waals surface area contributed by atoms with Gasteiger partial charge in [-0.1, -0.05) is 6.42 Å². The number of urea groups is 1. The fourth-order valence-corrected chi connectivity index (χ4v) is 5.61. The fourth-order valence-electron chi connectivity index (χ4n) is 3.33. The number of thioether (sulfide) groups is 1. The minimum atomic E-state index is -4.24. The molecule has 0 aromatic carbocycles. The number of hydrogen-bond donors (Lipinski definition) is 5. The van der Waals surface area contributed by atoms with E-state index < -0.39 is 40.3 Å². The molecule has 0 saturated carbocycles. The molecule has 3 aliphatic heterocycles. The first-order valence-corrected chi connectivity index (χ1v) is 11.0. The second-order valence-corrected chi connectivity index (χ2v) is 9.57. The van der Waals surface area contributed by atoms with Crippen LogP contribution in [0.5, 0.6) is 0 Å². The zero-order valence-corrected chi connectivity index (χ0v) is 15.8. The van der Waals surface area contributed by atoms with Gasteiger partial charge in [-0.2, -0.15) is 11.8 Å². The average Bonchev–Trinajstić information content (AvgIpc) is 3.19. The molecule has 0 aromatic heterocycles. The van der Waals surface area contributed by atoms with E-state index >= 15 is 0 Å². The third-order valence-corrected chi connectivity index (χ3v) is 7.34. The van der Waals surface area contributed by atoms with E-state index in [0.717, 1.165) is 12.2 Å². The summed E-state index contributed by atoms with van der Waals surface area (Å²) in [5.74, 6) is -2.00. The quantitative estimate of drug-likeness (QED) is 0.155. The molecule has 5 N–H and O–H groups in total. The number of hydrogen-bond acceptors (Lipinski definition) is 9. The molecule has 14 heteroatoms. The zero-order valence-electron chi connectivity index (χ0n) is 14.2. The normalized spacial score (nSPS) is 29.8. The van der Waals surface area contributed by atoms with Gasteiger partial charge in [0.15, 0.2) is 0 Å². The Balaban J connectivity index is 0.00000280. The van der Waals surface area contributed by atoms with Gasteiger partial charge in [-0.25, -0.2) is 9.59 Å². The average molecular weight is 447 g/mol. The molecule has 11 nitrogen and oxygen atoms in total. The van der Waals surface area contributed by atoms with E-state index in [1.54, 1.807) is 11.8 Å². The SMILES string of the molecule is O=C1N[C@H]2CSC(CCCCC(=O)ON3C(=O)C[C@H](S(O)(O)O)C3=O)[C@H]2N1.[NaH]. The first kappa shape index (κ1) is 23.7. The van der Waals surface area contributed by atoms with Gasteiger partial charge < -0.3 is 29.1 Å². The second kappa shape index (κ2) is 9.51. The molecule has 4 atom stereocenters. The molecule has 0 aromatic rings. The molecule has 0 spiro atoms. The summed E-state index contributed by atoms with van der Waals surface area (Å²) in [4.78, 5) is 51.4. The van der Waals surface area contributed by atoms with Crippen LogP contribution in [0, 0.1) is 0 Å². The molecule has 3 rings (SSSR count). The van der Waals surface area contributed by atoms with Gasteiger partial charge in [-0.15, -0.1) is 5.06 Å². The molecule has 3 heterocycles. The monoisotopic (exact) mass is 447 g/mol. The first-order valence-electron chi connectivity index (χ1n) is 8.42. The van der Waals surface area contributed by atoms with E-state index in [0.29, 0.717) is 12.8 Å². The second-order valence-electron chi connectivity index (χ2n) is 6.61. The molecule has 1 unspecified atom stereocenters. The molecule has 3 aliphatic rings. The van der Waals surface area contributed by atoms with Crippen molar-refractivity contribution in [2.45, 2.75) is 54.7 Å². The third-order valence-electron chi connectivity index (χ3n) is 4.69. The van der Waals surface area contributed by atoms with Crippen molar-refractivity contribution >= 4 is 76.0 Å². The maximum absolute atomic E-state index is 11.9. The predicted molar refractivity (Wildman–Crippen MR) is 103 cm³/mol. The summed E-state index contributed by atoms with van der Waals surface area (Å²) >= 11 is 1.76. The fraction of sp³-hybridized carbons (Fsp3) is 0.714. The van der Waals surface area contributed by atoms with Gasteiger partial charge in [-0.05, 0) is 12.8 Å². The van der Waals surface area contributed by atoms with Gasteiger partial charge in [-0.3, -0.25) is 9.59 Å². The Bertz CT molecular complexity index is 661. The molecule has 0 aliphatic carbocycles. The third kappa shape index (κ3) is 5.33. The summed E-state index contributed by atoms with van der Waals surface area (Å²) in [6.45, 7) is 0. The standard InChI is InChI=1S/C14H21N3O8S2.Na.H/c18-10-5-9(27(22,23)24)13(20)17(10)25-11(19)4-2-1-3-8-12-7(6-26-8)15-14(21)16-12;;/h7-9,12,22-24H,1-6H2,(H2,15,16,21);;/t7-,8?,9-,12-;;/m0../s1. The Morgan fingerprint density at radius 3 is 2.57 bits per heavy atom. The zero-order chi connectivity index (χ0) is 19.8. The Morgan fingerprint density at radius 2 is 1.93 bits per heavy atom. The number of unbranched alkanes of at least 4 members (excludes halogenated alkanes) is 1. The molecule has 0 bridgehead atoms. The number of carbonyl (C=O) groups excluding carboxylic acids is 4. The summed E-state index contributed by atoms with van der Waals surface area (Å²) < 4.78 is 27.4. The number of imide groups is 1. The summed E-state index contributed by atoms with van der Waals surface area (Å²) in [6.07, 6.45) is 1.33. The van der Waals surface area contributed by atoms with E-state index in [2.05, 4.69) is 10.6 Å². The van der Waals surface area contributed by atoms with E-state index in [-0.39, 0.29) is 64.4 Å². The van der Waals surface area contributed by atoms with E-state index in [4.69, 9.17) is 18.5 Å². The molecule has 154 valence electrons. The van der Waals surface area contributed by atoms with Crippen LogP contribution in [0.3, 0.4) is 0 Å². The summed E-state index contributed by atoms with van der Waals surface area (Å²) in [7, 11) is -4.24. The van der Waals surface area contributed by atoms with Gasteiger partial charge in [0.2, 0.25) is 0 Å². The van der Waals surface area contributed by atoms with Crippen LogP contribution in [-0.4, -0.2) is 100 Å². The summed E-state index contributed by atoms with van der Waals surface area (Å²) in [5, 5.41) is 4.48. The molecule has 3 saturated heterocycles. The van der Waals surface area contributed by atoms with Crippen molar-refractivity contribution in [3.8, 4) is 0 Å². The van der Waals surface area contributed by atoms with E-state index in [1.165, 1.54) is 0 Å². The molecular weight excluding hydrogens is 425 g/mol. The molecular formula is C14H22N3NaO8S2. The topological polar surface area (TPSA) is 166 Å². The van der Waals surface area contributed by atoms with Crippen LogP contribution < -0.4 is 10.6 Å². The van der Waals surface area contributed by atoms with E-state index in [9.17, 15) is 19.2 Å². The van der Waals surface area contributed by atoms with Crippen molar-refractivity contribution in [3.05, 3.63) is 0 Å². The van der Waals surface area contributed by atoms with Crippen LogP contribution in [0.15, 0.2) is 0 Å². The van der Waals surface area contributed by atoms with Gasteiger partial charge in [0.25, 0.3) is 11.8 Å². The Kier molecular flexibility index (Phi) is 8.06. The van der Waals surface area contributed by atoms with Crippen molar-refractivity contribution in [2.75, 3.05) is 5.75 Å². The van der Waals surface area contributed by atoms with Crippen LogP contribution in [0.25, 0.3) is 0 Å². The van der Waals surface area contributed by atoms with Crippen LogP contribution in [-0.2, 0) is 19.2 Å². The number of hydroxylamine groups is 2. The van der Waals surface area contributed by atoms with Gasteiger partial charge >= 0.3 is 41.6 Å². The number of nitrogens with one attached hydrogen (secondary N) is 2. The van der Waals surface area contributed by atoms with Crippen LogP contribution >= 0.6 is 22.6 Å². The van der Waals surface area contributed by atoms with Gasteiger partial charge in [0, 0.05) is 17.4 Å². The van der Waals surface area contributed by atoms with Crippen LogP contribution in [0.4, 0.5) is 4.79 Å². The molecule has 28 heavy (non-hydrogen) atoms.